The summed E-state index contributed by atoms with van der Waals surface area (Å²) in [5.74, 6) is -0.902. The van der Waals surface area contributed by atoms with Crippen LogP contribution in [0.1, 0.15) is 21.5 Å². The second-order valence-electron chi connectivity index (χ2n) is 5.81. The van der Waals surface area contributed by atoms with Crippen molar-refractivity contribution in [3.8, 4) is 0 Å². The van der Waals surface area contributed by atoms with Crippen LogP contribution in [0.5, 0.6) is 0 Å². The van der Waals surface area contributed by atoms with Gasteiger partial charge in [0.1, 0.15) is 0 Å². The summed E-state index contributed by atoms with van der Waals surface area (Å²) in [5.41, 5.74) is 3.57. The van der Waals surface area contributed by atoms with E-state index >= 15 is 0 Å². The van der Waals surface area contributed by atoms with Crippen molar-refractivity contribution in [2.45, 2.75) is 13.5 Å². The summed E-state index contributed by atoms with van der Waals surface area (Å²) in [4.78, 5) is 28.0. The SMILES string of the molecule is Cc1ccccc1CN(C)CN1C(=O)C(=O)c2cc(Br)ccc21. The van der Waals surface area contributed by atoms with Gasteiger partial charge in [-0.2, -0.15) is 0 Å². The first kappa shape index (κ1) is 15.9. The van der Waals surface area contributed by atoms with Crippen LogP contribution in [0.25, 0.3) is 0 Å². The molecule has 0 atom stereocenters. The smallest absolute Gasteiger partial charge is 0.291 e. The van der Waals surface area contributed by atoms with Gasteiger partial charge in [0, 0.05) is 11.0 Å². The summed E-state index contributed by atoms with van der Waals surface area (Å²) in [6.45, 7) is 3.17. The molecule has 0 bridgehead atoms. The fourth-order valence-electron chi connectivity index (χ4n) is 2.78. The lowest BCUT2D eigenvalue weighted by Gasteiger charge is -2.25. The maximum atomic E-state index is 12.3. The Morgan fingerprint density at radius 3 is 2.61 bits per heavy atom. The molecule has 0 N–H and O–H groups in total. The van der Waals surface area contributed by atoms with Crippen molar-refractivity contribution < 1.29 is 9.59 Å². The van der Waals surface area contributed by atoms with Gasteiger partial charge < -0.3 is 0 Å². The van der Waals surface area contributed by atoms with Crippen molar-refractivity contribution in [2.24, 2.45) is 0 Å². The van der Waals surface area contributed by atoms with Gasteiger partial charge in [-0.3, -0.25) is 19.4 Å². The van der Waals surface area contributed by atoms with Crippen molar-refractivity contribution in [1.82, 2.24) is 4.90 Å². The molecular weight excluding hydrogens is 356 g/mol. The van der Waals surface area contributed by atoms with Gasteiger partial charge in [-0.15, -0.1) is 0 Å². The van der Waals surface area contributed by atoms with Crippen LogP contribution in [-0.2, 0) is 11.3 Å². The molecule has 1 aliphatic heterocycles. The number of nitrogens with zero attached hydrogens (tertiary/aromatic N) is 2. The molecule has 0 spiro atoms. The summed E-state index contributed by atoms with van der Waals surface area (Å²) in [7, 11) is 1.95. The van der Waals surface area contributed by atoms with E-state index in [-0.39, 0.29) is 0 Å². The molecule has 0 saturated heterocycles. The second kappa shape index (κ2) is 6.26. The molecule has 0 saturated carbocycles. The standard InChI is InChI=1S/C18H17BrN2O2/c1-12-5-3-4-6-13(12)10-20(2)11-21-16-8-7-14(19)9-15(16)17(22)18(21)23/h3-9H,10-11H2,1-2H3. The lowest BCUT2D eigenvalue weighted by atomic mass is 10.1. The Labute approximate surface area is 143 Å². The predicted molar refractivity (Wildman–Crippen MR) is 93.5 cm³/mol. The highest BCUT2D eigenvalue weighted by Crippen LogP contribution is 2.31. The molecule has 5 heteroatoms. The molecular formula is C18H17BrN2O2. The van der Waals surface area contributed by atoms with Gasteiger partial charge in [0.25, 0.3) is 5.78 Å². The summed E-state index contributed by atoms with van der Waals surface area (Å²) in [5, 5.41) is 0. The van der Waals surface area contributed by atoms with E-state index in [1.807, 2.05) is 36.2 Å². The first-order chi connectivity index (χ1) is 11.0. The van der Waals surface area contributed by atoms with E-state index in [0.29, 0.717) is 17.9 Å². The maximum absolute atomic E-state index is 12.3. The Kier molecular flexibility index (Phi) is 4.33. The number of aryl methyl sites for hydroxylation is 1. The minimum atomic E-state index is -0.463. The third kappa shape index (κ3) is 3.07. The van der Waals surface area contributed by atoms with E-state index in [9.17, 15) is 9.59 Å². The Bertz CT molecular complexity index is 788. The van der Waals surface area contributed by atoms with Gasteiger partial charge in [-0.1, -0.05) is 40.2 Å². The van der Waals surface area contributed by atoms with Crippen LogP contribution in [0, 0.1) is 6.92 Å². The molecule has 1 heterocycles. The van der Waals surface area contributed by atoms with Gasteiger partial charge in [0.2, 0.25) is 0 Å². The summed E-state index contributed by atoms with van der Waals surface area (Å²) >= 11 is 3.34. The van der Waals surface area contributed by atoms with E-state index in [1.165, 1.54) is 11.1 Å². The number of anilines is 1. The number of ketones is 1. The van der Waals surface area contributed by atoms with Gasteiger partial charge >= 0.3 is 5.91 Å². The van der Waals surface area contributed by atoms with Crippen LogP contribution in [0.15, 0.2) is 46.9 Å². The molecule has 0 aromatic heterocycles. The highest BCUT2D eigenvalue weighted by Gasteiger charge is 2.36. The first-order valence-electron chi connectivity index (χ1n) is 7.36. The lowest BCUT2D eigenvalue weighted by molar-refractivity contribution is -0.114. The zero-order valence-electron chi connectivity index (χ0n) is 13.0. The average molecular weight is 373 g/mol. The minimum absolute atomic E-state index is 0.382. The fourth-order valence-corrected chi connectivity index (χ4v) is 3.14. The molecule has 4 nitrogen and oxygen atoms in total. The Balaban J connectivity index is 1.79. The number of hydrogen-bond donors (Lipinski definition) is 0. The Morgan fingerprint density at radius 2 is 1.87 bits per heavy atom. The molecule has 0 fully saturated rings. The monoisotopic (exact) mass is 372 g/mol. The molecule has 1 amide bonds. The second-order valence-corrected chi connectivity index (χ2v) is 6.72. The number of carbonyl (C=O) groups excluding carboxylic acids is 2. The zero-order valence-corrected chi connectivity index (χ0v) is 14.6. The van der Waals surface area contributed by atoms with E-state index < -0.39 is 11.7 Å². The highest BCUT2D eigenvalue weighted by atomic mass is 79.9. The normalized spacial score (nSPS) is 13.8. The fraction of sp³-hybridized carbons (Fsp3) is 0.222. The minimum Gasteiger partial charge on any atom is -0.291 e. The predicted octanol–water partition coefficient (Wildman–Crippen LogP) is 3.38. The number of fused-ring (bicyclic) bond motifs is 1. The van der Waals surface area contributed by atoms with Crippen LogP contribution >= 0.6 is 15.9 Å². The van der Waals surface area contributed by atoms with Gasteiger partial charge in [-0.05, 0) is 43.3 Å². The third-order valence-corrected chi connectivity index (χ3v) is 4.51. The summed E-state index contributed by atoms with van der Waals surface area (Å²) in [6, 6.07) is 13.5. The van der Waals surface area contributed by atoms with Crippen LogP contribution < -0.4 is 4.90 Å². The van der Waals surface area contributed by atoms with Crippen molar-refractivity contribution >= 4 is 33.3 Å². The molecule has 2 aromatic rings. The third-order valence-electron chi connectivity index (χ3n) is 4.02. The van der Waals surface area contributed by atoms with Crippen molar-refractivity contribution in [3.63, 3.8) is 0 Å². The quantitative estimate of drug-likeness (QED) is 0.772. The van der Waals surface area contributed by atoms with Gasteiger partial charge in [0.05, 0.1) is 17.9 Å². The zero-order chi connectivity index (χ0) is 16.6. The van der Waals surface area contributed by atoms with Crippen molar-refractivity contribution in [3.05, 3.63) is 63.6 Å². The molecule has 118 valence electrons. The van der Waals surface area contributed by atoms with Crippen molar-refractivity contribution in [1.29, 1.82) is 0 Å². The van der Waals surface area contributed by atoms with Crippen molar-refractivity contribution in [2.75, 3.05) is 18.6 Å². The Morgan fingerprint density at radius 1 is 1.13 bits per heavy atom. The first-order valence-corrected chi connectivity index (χ1v) is 8.15. The van der Waals surface area contributed by atoms with E-state index in [4.69, 9.17) is 0 Å². The topological polar surface area (TPSA) is 40.6 Å². The van der Waals surface area contributed by atoms with Crippen LogP contribution in [0.2, 0.25) is 0 Å². The van der Waals surface area contributed by atoms with Crippen LogP contribution in [-0.4, -0.2) is 30.3 Å². The van der Waals surface area contributed by atoms with Crippen LogP contribution in [0.3, 0.4) is 0 Å². The number of halogens is 1. The molecule has 2 aromatic carbocycles. The average Bonchev–Trinajstić information content (AvgIpc) is 2.74. The number of benzene rings is 2. The van der Waals surface area contributed by atoms with Gasteiger partial charge in [-0.25, -0.2) is 0 Å². The number of rotatable bonds is 4. The number of carbonyl (C=O) groups is 2. The molecule has 0 aliphatic carbocycles. The lowest BCUT2D eigenvalue weighted by Crippen LogP contribution is -2.39. The molecule has 1 aliphatic rings. The van der Waals surface area contributed by atoms with E-state index in [1.54, 1.807) is 11.0 Å². The highest BCUT2D eigenvalue weighted by molar-refractivity contribution is 9.10. The number of amides is 1. The largest absolute Gasteiger partial charge is 0.300 e. The molecule has 3 rings (SSSR count). The van der Waals surface area contributed by atoms with E-state index in [0.717, 1.165) is 11.0 Å². The number of hydrogen-bond acceptors (Lipinski definition) is 3. The van der Waals surface area contributed by atoms with E-state index in [2.05, 4.69) is 35.0 Å². The van der Waals surface area contributed by atoms with Gasteiger partial charge in [0.15, 0.2) is 0 Å². The molecule has 23 heavy (non-hydrogen) atoms. The van der Waals surface area contributed by atoms with Crippen LogP contribution in [0.4, 0.5) is 5.69 Å². The Hall–Kier alpha value is -1.98. The summed E-state index contributed by atoms with van der Waals surface area (Å²) < 4.78 is 0.799. The molecule has 0 unspecified atom stereocenters. The summed E-state index contributed by atoms with van der Waals surface area (Å²) in [6.07, 6.45) is 0. The molecule has 0 radical (unpaired) electrons. The maximum Gasteiger partial charge on any atom is 0.300 e. The number of Topliss-reactive ketones (excluding diaryl/α,β-unsaturated/α-hetero) is 1.